The summed E-state index contributed by atoms with van der Waals surface area (Å²) in [5.74, 6) is 0.128. The molecule has 0 unspecified atom stereocenters. The van der Waals surface area contributed by atoms with Gasteiger partial charge in [0.15, 0.2) is 4.80 Å². The predicted octanol–water partition coefficient (Wildman–Crippen LogP) is 6.17. The van der Waals surface area contributed by atoms with Crippen molar-refractivity contribution in [1.29, 1.82) is 0 Å². The van der Waals surface area contributed by atoms with Crippen molar-refractivity contribution in [3.05, 3.63) is 128 Å². The summed E-state index contributed by atoms with van der Waals surface area (Å²) in [6.45, 7) is 2.16. The molecule has 10 heteroatoms. The van der Waals surface area contributed by atoms with Crippen LogP contribution >= 0.6 is 54.8 Å². The van der Waals surface area contributed by atoms with E-state index in [0.717, 1.165) is 25.6 Å². The lowest BCUT2D eigenvalue weighted by molar-refractivity contribution is -0.136. The Morgan fingerprint density at radius 1 is 1.10 bits per heavy atom. The number of esters is 1. The highest BCUT2D eigenvalue weighted by Gasteiger charge is 2.33. The van der Waals surface area contributed by atoms with Crippen LogP contribution in [0.1, 0.15) is 29.7 Å². The number of nitrogens with zero attached hydrogens (tertiary/aromatic N) is 2. The minimum absolute atomic E-state index is 0.260. The first-order valence-electron chi connectivity index (χ1n) is 11.8. The van der Waals surface area contributed by atoms with Gasteiger partial charge in [-0.2, -0.15) is 0 Å². The van der Waals surface area contributed by atoms with Crippen molar-refractivity contribution in [1.82, 2.24) is 4.57 Å². The monoisotopic (exact) mass is 686 g/mol. The summed E-state index contributed by atoms with van der Waals surface area (Å²) >= 11 is 14.6. The first-order chi connectivity index (χ1) is 18.8. The molecule has 0 radical (unpaired) electrons. The third kappa shape index (κ3) is 5.68. The summed E-state index contributed by atoms with van der Waals surface area (Å²) in [6, 6.07) is 20.0. The molecule has 6 nitrogen and oxygen atoms in total. The van der Waals surface area contributed by atoms with E-state index < -0.39 is 12.0 Å². The van der Waals surface area contributed by atoms with E-state index in [0.29, 0.717) is 38.0 Å². The van der Waals surface area contributed by atoms with Gasteiger partial charge in [-0.15, -0.1) is 0 Å². The van der Waals surface area contributed by atoms with Crippen molar-refractivity contribution >= 4 is 66.8 Å². The minimum Gasteiger partial charge on any atom is -0.487 e. The van der Waals surface area contributed by atoms with Gasteiger partial charge in [0.1, 0.15) is 12.4 Å². The third-order valence-corrected chi connectivity index (χ3v) is 8.57. The number of hydrogen-bond acceptors (Lipinski definition) is 6. The van der Waals surface area contributed by atoms with Gasteiger partial charge >= 0.3 is 5.97 Å². The Hall–Kier alpha value is -2.98. The summed E-state index contributed by atoms with van der Waals surface area (Å²) in [5, 5.41) is 0.554. The average Bonchev–Trinajstić information content (AvgIpc) is 3.22. The second-order valence-electron chi connectivity index (χ2n) is 8.71. The van der Waals surface area contributed by atoms with Gasteiger partial charge in [0.05, 0.1) is 37.9 Å². The third-order valence-electron chi connectivity index (χ3n) is 6.16. The van der Waals surface area contributed by atoms with Gasteiger partial charge in [0.2, 0.25) is 0 Å². The number of hydrogen-bond donors (Lipinski definition) is 0. The molecule has 5 rings (SSSR count). The Morgan fingerprint density at radius 2 is 1.77 bits per heavy atom. The Balaban J connectivity index is 1.57. The number of carbonyl (C=O) groups is 1. The zero-order valence-electron chi connectivity index (χ0n) is 20.8. The van der Waals surface area contributed by atoms with Gasteiger partial charge in [-0.1, -0.05) is 65.4 Å². The van der Waals surface area contributed by atoms with Crippen molar-refractivity contribution in [2.45, 2.75) is 19.6 Å². The molecule has 3 aromatic carbocycles. The first-order valence-corrected chi connectivity index (χ1v) is 14.6. The van der Waals surface area contributed by atoms with Crippen LogP contribution in [0.15, 0.2) is 96.7 Å². The number of methoxy groups -OCH3 is 1. The molecule has 0 N–H and O–H groups in total. The summed E-state index contributed by atoms with van der Waals surface area (Å²) < 4.78 is 14.6. The SMILES string of the molecule is COC(=O)C1=C(C)N=c2s/c(=C\c3cc(Br)c(OCc4ccccc4)c(Br)c3)c(=O)n2[C@@H]1c1ccc(Cl)cc1. The summed E-state index contributed by atoms with van der Waals surface area (Å²) in [4.78, 5) is 31.6. The second kappa shape index (κ2) is 11.6. The number of carbonyl (C=O) groups excluding carboxylic acids is 1. The molecule has 2 heterocycles. The van der Waals surface area contributed by atoms with E-state index in [1.807, 2.05) is 42.5 Å². The molecule has 0 amide bonds. The highest BCUT2D eigenvalue weighted by atomic mass is 79.9. The maximum atomic E-state index is 13.8. The number of ether oxygens (including phenoxy) is 2. The maximum absolute atomic E-state index is 13.8. The molecule has 1 aliphatic heterocycles. The van der Waals surface area contributed by atoms with E-state index in [4.69, 9.17) is 21.1 Å². The van der Waals surface area contributed by atoms with E-state index in [1.54, 1.807) is 41.8 Å². The van der Waals surface area contributed by atoms with Crippen LogP contribution in [-0.4, -0.2) is 17.6 Å². The fourth-order valence-electron chi connectivity index (χ4n) is 4.33. The Labute approximate surface area is 250 Å². The maximum Gasteiger partial charge on any atom is 0.338 e. The largest absolute Gasteiger partial charge is 0.487 e. The number of rotatable bonds is 6. The molecule has 0 spiro atoms. The van der Waals surface area contributed by atoms with E-state index in [-0.39, 0.29) is 5.56 Å². The summed E-state index contributed by atoms with van der Waals surface area (Å²) in [6.07, 6.45) is 1.80. The molecule has 1 aromatic heterocycles. The molecule has 1 aliphatic rings. The summed E-state index contributed by atoms with van der Waals surface area (Å²) in [5.41, 5.74) is 3.12. The van der Waals surface area contributed by atoms with Crippen LogP contribution in [0.4, 0.5) is 0 Å². The fourth-order valence-corrected chi connectivity index (χ4v) is 6.96. The van der Waals surface area contributed by atoms with Crippen molar-refractivity contribution in [3.63, 3.8) is 0 Å². The highest BCUT2D eigenvalue weighted by Crippen LogP contribution is 2.36. The molecule has 198 valence electrons. The van der Waals surface area contributed by atoms with Gasteiger partial charge in [-0.3, -0.25) is 9.36 Å². The molecule has 0 saturated heterocycles. The zero-order valence-corrected chi connectivity index (χ0v) is 25.5. The Bertz CT molecular complexity index is 1760. The molecule has 4 aromatic rings. The van der Waals surface area contributed by atoms with Crippen molar-refractivity contribution in [3.8, 4) is 5.75 Å². The molecule has 1 atom stereocenters. The second-order valence-corrected chi connectivity index (χ2v) is 11.9. The molecule has 39 heavy (non-hydrogen) atoms. The van der Waals surface area contributed by atoms with Gasteiger partial charge in [-0.25, -0.2) is 9.79 Å². The van der Waals surface area contributed by atoms with Gasteiger partial charge in [-0.05, 0) is 85.8 Å². The van der Waals surface area contributed by atoms with Crippen LogP contribution in [-0.2, 0) is 16.1 Å². The number of halogens is 3. The standard InChI is InChI=1S/C29H21Br2ClN2O4S/c1-16-24(28(36)37-2)25(19-8-10-20(32)11-9-19)34-27(35)23(39-29(34)33-16)14-18-12-21(30)26(22(31)13-18)38-15-17-6-4-3-5-7-17/h3-14,25H,15H2,1-2H3/b23-14-/t25-/m1/s1. The number of fused-ring (bicyclic) bond motifs is 1. The van der Waals surface area contributed by atoms with E-state index in [1.165, 1.54) is 18.4 Å². The fraction of sp³-hybridized carbons (Fsp3) is 0.138. The van der Waals surface area contributed by atoms with Crippen molar-refractivity contribution < 1.29 is 14.3 Å². The lowest BCUT2D eigenvalue weighted by Crippen LogP contribution is -2.39. The lowest BCUT2D eigenvalue weighted by Gasteiger charge is -2.24. The van der Waals surface area contributed by atoms with Gasteiger partial charge < -0.3 is 9.47 Å². The van der Waals surface area contributed by atoms with Crippen molar-refractivity contribution in [2.24, 2.45) is 4.99 Å². The number of aromatic nitrogens is 1. The molecule has 0 bridgehead atoms. The quantitative estimate of drug-likeness (QED) is 0.228. The van der Waals surface area contributed by atoms with E-state index in [2.05, 4.69) is 36.9 Å². The predicted molar refractivity (Wildman–Crippen MR) is 160 cm³/mol. The highest BCUT2D eigenvalue weighted by molar-refractivity contribution is 9.11. The summed E-state index contributed by atoms with van der Waals surface area (Å²) in [7, 11) is 1.32. The molecular weight excluding hydrogens is 668 g/mol. The molecule has 0 aliphatic carbocycles. The molecule has 0 fully saturated rings. The molecular formula is C29H21Br2ClN2O4S. The average molecular weight is 689 g/mol. The van der Waals surface area contributed by atoms with E-state index in [9.17, 15) is 9.59 Å². The van der Waals surface area contributed by atoms with Gasteiger partial charge in [0.25, 0.3) is 5.56 Å². The van der Waals surface area contributed by atoms with Gasteiger partial charge in [0, 0.05) is 5.02 Å². The van der Waals surface area contributed by atoms with Crippen LogP contribution < -0.4 is 19.6 Å². The van der Waals surface area contributed by atoms with Crippen molar-refractivity contribution in [2.75, 3.05) is 7.11 Å². The van der Waals surface area contributed by atoms with Crippen LogP contribution in [0.3, 0.4) is 0 Å². The van der Waals surface area contributed by atoms with Crippen LogP contribution in [0.25, 0.3) is 6.08 Å². The number of allylic oxidation sites excluding steroid dienone is 1. The van der Waals surface area contributed by atoms with E-state index >= 15 is 0 Å². The lowest BCUT2D eigenvalue weighted by atomic mass is 9.96. The minimum atomic E-state index is -0.694. The number of benzene rings is 3. The van der Waals surface area contributed by atoms with Crippen LogP contribution in [0, 0.1) is 0 Å². The van der Waals surface area contributed by atoms with Crippen LogP contribution in [0.2, 0.25) is 5.02 Å². The number of thiazole rings is 1. The Morgan fingerprint density at radius 3 is 2.41 bits per heavy atom. The van der Waals surface area contributed by atoms with Crippen LogP contribution in [0.5, 0.6) is 5.75 Å². The normalized spacial score (nSPS) is 15.1. The zero-order chi connectivity index (χ0) is 27.7. The molecule has 0 saturated carbocycles. The first kappa shape index (κ1) is 27.6. The smallest absolute Gasteiger partial charge is 0.338 e. The Kier molecular flexibility index (Phi) is 8.23. The topological polar surface area (TPSA) is 69.9 Å².